The van der Waals surface area contributed by atoms with Crippen LogP contribution in [-0.2, 0) is 0 Å². The van der Waals surface area contributed by atoms with E-state index in [4.69, 9.17) is 10.8 Å². The van der Waals surface area contributed by atoms with Gasteiger partial charge in [0.05, 0.1) is 23.2 Å². The molecule has 7 nitrogen and oxygen atoms in total. The number of aliphatic hydroxyl groups is 1. The Balaban J connectivity index is 1.68. The first kappa shape index (κ1) is 16.5. The van der Waals surface area contributed by atoms with Crippen molar-refractivity contribution in [3.8, 4) is 11.4 Å². The molecule has 2 aliphatic carbocycles. The van der Waals surface area contributed by atoms with Crippen LogP contribution < -0.4 is 5.73 Å². The maximum absolute atomic E-state index is 10.1. The van der Waals surface area contributed by atoms with E-state index in [1.165, 1.54) is 25.6 Å². The van der Waals surface area contributed by atoms with Gasteiger partial charge < -0.3 is 15.8 Å². The fraction of sp³-hybridized carbons (Fsp3) is 0.450. The Morgan fingerprint density at radius 1 is 1.22 bits per heavy atom. The molecule has 140 valence electrons. The number of nitrogens with zero attached hydrogens (tertiary/aromatic N) is 4. The summed E-state index contributed by atoms with van der Waals surface area (Å²) >= 11 is 0. The highest BCUT2D eigenvalue weighted by atomic mass is 16.3. The fourth-order valence-corrected chi connectivity index (χ4v) is 4.44. The molecule has 0 spiro atoms. The van der Waals surface area contributed by atoms with Gasteiger partial charge in [-0.15, -0.1) is 0 Å². The van der Waals surface area contributed by atoms with Gasteiger partial charge >= 0.3 is 0 Å². The smallest absolute Gasteiger partial charge is 0.164 e. The zero-order chi connectivity index (χ0) is 18.5. The molecule has 1 saturated carbocycles. The minimum atomic E-state index is -0.467. The van der Waals surface area contributed by atoms with E-state index in [0.29, 0.717) is 11.9 Å². The number of fused-ring (bicyclic) bond motifs is 2. The van der Waals surface area contributed by atoms with E-state index in [1.807, 2.05) is 19.1 Å². The van der Waals surface area contributed by atoms with Gasteiger partial charge in [0.25, 0.3) is 0 Å². The number of aromatic nitrogens is 5. The predicted molar refractivity (Wildman–Crippen MR) is 105 cm³/mol. The van der Waals surface area contributed by atoms with Gasteiger partial charge in [-0.1, -0.05) is 32.3 Å². The average Bonchev–Trinajstić information content (AvgIpc) is 3.28. The molecule has 2 atom stereocenters. The lowest BCUT2D eigenvalue weighted by Crippen LogP contribution is -2.15. The van der Waals surface area contributed by atoms with Gasteiger partial charge in [0, 0.05) is 11.6 Å². The second kappa shape index (κ2) is 6.20. The molecule has 3 heterocycles. The average molecular weight is 364 g/mol. The van der Waals surface area contributed by atoms with E-state index in [2.05, 4.69) is 25.7 Å². The normalized spacial score (nSPS) is 23.0. The number of H-pyrrole nitrogens is 1. The molecule has 0 bridgehead atoms. The van der Waals surface area contributed by atoms with Crippen LogP contribution in [0.1, 0.15) is 62.2 Å². The van der Waals surface area contributed by atoms with Crippen molar-refractivity contribution >= 4 is 22.9 Å². The molecule has 0 aromatic carbocycles. The van der Waals surface area contributed by atoms with Crippen LogP contribution in [0.15, 0.2) is 18.5 Å². The number of nitrogens with two attached hydrogens (primary N) is 1. The summed E-state index contributed by atoms with van der Waals surface area (Å²) < 4.78 is 2.05. The Hall–Kier alpha value is -2.67. The molecule has 0 aliphatic heterocycles. The summed E-state index contributed by atoms with van der Waals surface area (Å²) in [6, 6.07) is 2.43. The Morgan fingerprint density at radius 2 is 2.04 bits per heavy atom. The van der Waals surface area contributed by atoms with Crippen molar-refractivity contribution in [3.05, 3.63) is 29.7 Å². The molecule has 0 amide bonds. The summed E-state index contributed by atoms with van der Waals surface area (Å²) in [5.74, 6) is 0.489. The Morgan fingerprint density at radius 3 is 2.85 bits per heavy atom. The molecule has 3 aromatic heterocycles. The van der Waals surface area contributed by atoms with Crippen LogP contribution in [0, 0.1) is 0 Å². The summed E-state index contributed by atoms with van der Waals surface area (Å²) in [6.45, 7) is 2.03. The van der Waals surface area contributed by atoms with Crippen molar-refractivity contribution in [2.24, 2.45) is 0 Å². The number of anilines is 1. The van der Waals surface area contributed by atoms with Crippen molar-refractivity contribution in [1.82, 2.24) is 24.7 Å². The highest BCUT2D eigenvalue weighted by molar-refractivity contribution is 5.98. The zero-order valence-electron chi connectivity index (χ0n) is 15.4. The summed E-state index contributed by atoms with van der Waals surface area (Å²) in [7, 11) is 0. The SMILES string of the molecule is CC1c2cc(-c3nn(C4CCCCC4)c4ncnc(N)c34)[nH]c2C=CC1O. The first-order chi connectivity index (χ1) is 13.1. The molecule has 0 radical (unpaired) electrons. The number of nitrogens with one attached hydrogen (secondary N) is 1. The van der Waals surface area contributed by atoms with Crippen molar-refractivity contribution < 1.29 is 5.11 Å². The first-order valence-electron chi connectivity index (χ1n) is 9.71. The second-order valence-corrected chi connectivity index (χ2v) is 7.73. The van der Waals surface area contributed by atoms with Gasteiger partial charge in [-0.05, 0) is 30.5 Å². The molecule has 0 saturated heterocycles. The monoisotopic (exact) mass is 364 g/mol. The molecule has 4 N–H and O–H groups in total. The van der Waals surface area contributed by atoms with Gasteiger partial charge in [0.15, 0.2) is 5.65 Å². The lowest BCUT2D eigenvalue weighted by Gasteiger charge is -2.22. The Kier molecular flexibility index (Phi) is 3.79. The van der Waals surface area contributed by atoms with Crippen molar-refractivity contribution in [2.75, 3.05) is 5.73 Å². The van der Waals surface area contributed by atoms with E-state index < -0.39 is 6.10 Å². The molecular weight excluding hydrogens is 340 g/mol. The summed E-state index contributed by atoms with van der Waals surface area (Å²) in [6.07, 6.45) is 10.8. The quantitative estimate of drug-likeness (QED) is 0.646. The van der Waals surface area contributed by atoms with Gasteiger partial charge in [-0.3, -0.25) is 0 Å². The van der Waals surface area contributed by atoms with Crippen LogP contribution in [-0.4, -0.2) is 35.9 Å². The molecule has 5 rings (SSSR count). The number of nitrogen functional groups attached to an aromatic ring is 1. The summed E-state index contributed by atoms with van der Waals surface area (Å²) in [5, 5.41) is 15.9. The third-order valence-electron chi connectivity index (χ3n) is 6.04. The first-order valence-corrected chi connectivity index (χ1v) is 9.71. The maximum Gasteiger partial charge on any atom is 0.164 e. The van der Waals surface area contributed by atoms with Crippen LogP contribution in [0.4, 0.5) is 5.82 Å². The summed E-state index contributed by atoms with van der Waals surface area (Å²) in [4.78, 5) is 12.2. The molecule has 2 unspecified atom stereocenters. The van der Waals surface area contributed by atoms with Crippen molar-refractivity contribution in [1.29, 1.82) is 0 Å². The van der Waals surface area contributed by atoms with Crippen molar-refractivity contribution in [3.63, 3.8) is 0 Å². The van der Waals surface area contributed by atoms with Crippen LogP contribution in [0.5, 0.6) is 0 Å². The number of hydrogen-bond acceptors (Lipinski definition) is 5. The Bertz CT molecular complexity index is 1030. The van der Waals surface area contributed by atoms with Gasteiger partial charge in [-0.25, -0.2) is 14.6 Å². The van der Waals surface area contributed by atoms with E-state index in [9.17, 15) is 5.11 Å². The number of rotatable bonds is 2. The van der Waals surface area contributed by atoms with Gasteiger partial charge in [0.1, 0.15) is 17.8 Å². The molecule has 3 aromatic rings. The Labute approximate surface area is 157 Å². The minimum Gasteiger partial charge on any atom is -0.388 e. The molecular formula is C20H24N6O. The largest absolute Gasteiger partial charge is 0.388 e. The standard InChI is InChI=1S/C20H24N6O/c1-11-13-9-15(24-14(13)7-8-16(11)27)18-17-19(21)22-10-23-20(17)26(25-18)12-5-3-2-4-6-12/h7-12,16,24,27H,2-6H2,1H3,(H2,21,22,23). The number of aromatic amines is 1. The topological polar surface area (TPSA) is 106 Å². The third kappa shape index (κ3) is 2.56. The number of aliphatic hydroxyl groups excluding tert-OH is 1. The van der Waals surface area contributed by atoms with Gasteiger partial charge in [0.2, 0.25) is 0 Å². The van der Waals surface area contributed by atoms with E-state index in [0.717, 1.165) is 46.5 Å². The van der Waals surface area contributed by atoms with Crippen LogP contribution >= 0.6 is 0 Å². The third-order valence-corrected chi connectivity index (χ3v) is 6.04. The highest BCUT2D eigenvalue weighted by Crippen LogP contribution is 2.38. The molecule has 2 aliphatic rings. The van der Waals surface area contributed by atoms with E-state index in [-0.39, 0.29) is 5.92 Å². The lowest BCUT2D eigenvalue weighted by atomic mass is 9.90. The molecule has 27 heavy (non-hydrogen) atoms. The van der Waals surface area contributed by atoms with Crippen LogP contribution in [0.3, 0.4) is 0 Å². The van der Waals surface area contributed by atoms with Crippen LogP contribution in [0.2, 0.25) is 0 Å². The maximum atomic E-state index is 10.1. The lowest BCUT2D eigenvalue weighted by molar-refractivity contribution is 0.196. The fourth-order valence-electron chi connectivity index (χ4n) is 4.44. The molecule has 7 heteroatoms. The molecule has 1 fully saturated rings. The minimum absolute atomic E-state index is 0.0373. The summed E-state index contributed by atoms with van der Waals surface area (Å²) in [5.41, 5.74) is 10.8. The van der Waals surface area contributed by atoms with E-state index in [1.54, 1.807) is 0 Å². The van der Waals surface area contributed by atoms with Gasteiger partial charge in [-0.2, -0.15) is 5.10 Å². The van der Waals surface area contributed by atoms with Crippen LogP contribution in [0.25, 0.3) is 28.5 Å². The highest BCUT2D eigenvalue weighted by Gasteiger charge is 2.27. The predicted octanol–water partition coefficient (Wildman–Crippen LogP) is 3.40. The second-order valence-electron chi connectivity index (χ2n) is 7.73. The van der Waals surface area contributed by atoms with Crippen molar-refractivity contribution in [2.45, 2.75) is 57.1 Å². The number of hydrogen-bond donors (Lipinski definition) is 3. The van der Waals surface area contributed by atoms with E-state index >= 15 is 0 Å². The zero-order valence-corrected chi connectivity index (χ0v) is 15.4.